The minimum atomic E-state index is 0.396. The third kappa shape index (κ3) is 3.39. The molecule has 0 bridgehead atoms. The second kappa shape index (κ2) is 7.36. The number of nitrogens with zero attached hydrogens (tertiary/aromatic N) is 2. The molecule has 0 radical (unpaired) electrons. The normalized spacial score (nSPS) is 16.5. The van der Waals surface area contributed by atoms with E-state index >= 15 is 0 Å². The third-order valence-electron chi connectivity index (χ3n) is 5.43. The summed E-state index contributed by atoms with van der Waals surface area (Å²) in [5.74, 6) is 3.18. The maximum Gasteiger partial charge on any atom is 0.231 e. The molecule has 0 unspecified atom stereocenters. The van der Waals surface area contributed by atoms with Crippen molar-refractivity contribution in [2.24, 2.45) is 5.92 Å². The minimum Gasteiger partial charge on any atom is -0.497 e. The average Bonchev–Trinajstić information content (AvgIpc) is 3.14. The number of rotatable bonds is 5. The van der Waals surface area contributed by atoms with Crippen LogP contribution in [0.3, 0.4) is 0 Å². The zero-order valence-corrected chi connectivity index (χ0v) is 15.4. The Balaban J connectivity index is 1.60. The summed E-state index contributed by atoms with van der Waals surface area (Å²) in [5, 5.41) is 4.54. The lowest BCUT2D eigenvalue weighted by atomic mass is 9.84. The zero-order chi connectivity index (χ0) is 17.9. The molecule has 1 atom stereocenters. The molecule has 1 saturated carbocycles. The van der Waals surface area contributed by atoms with Gasteiger partial charge in [-0.1, -0.05) is 19.3 Å². The Morgan fingerprint density at radius 3 is 2.62 bits per heavy atom. The molecule has 1 N–H and O–H groups in total. The highest BCUT2D eigenvalue weighted by Gasteiger charge is 2.21. The van der Waals surface area contributed by atoms with Gasteiger partial charge in [-0.3, -0.25) is 0 Å². The van der Waals surface area contributed by atoms with Crippen molar-refractivity contribution in [3.05, 3.63) is 36.7 Å². The van der Waals surface area contributed by atoms with Crippen LogP contribution in [0.5, 0.6) is 5.75 Å². The van der Waals surface area contributed by atoms with Gasteiger partial charge in [0.05, 0.1) is 12.5 Å². The lowest BCUT2D eigenvalue weighted by molar-refractivity contribution is 0.328. The number of methoxy groups -OCH3 is 1. The van der Waals surface area contributed by atoms with E-state index in [0.29, 0.717) is 17.7 Å². The summed E-state index contributed by atoms with van der Waals surface area (Å²) in [5.41, 5.74) is 1.61. The van der Waals surface area contributed by atoms with Crippen molar-refractivity contribution in [2.45, 2.75) is 45.1 Å². The third-order valence-corrected chi connectivity index (χ3v) is 5.43. The number of anilines is 1. The van der Waals surface area contributed by atoms with Crippen molar-refractivity contribution < 1.29 is 9.15 Å². The van der Waals surface area contributed by atoms with Crippen molar-refractivity contribution in [3.63, 3.8) is 0 Å². The van der Waals surface area contributed by atoms with Gasteiger partial charge in [0.15, 0.2) is 0 Å². The fraction of sp³-hybridized carbons (Fsp3) is 0.429. The first-order chi connectivity index (χ1) is 12.7. The molecular weight excluding hydrogens is 326 g/mol. The number of hydrogen-bond donors (Lipinski definition) is 1. The van der Waals surface area contributed by atoms with Crippen molar-refractivity contribution >= 4 is 16.9 Å². The van der Waals surface area contributed by atoms with Crippen molar-refractivity contribution in [2.75, 3.05) is 12.4 Å². The van der Waals surface area contributed by atoms with E-state index in [0.717, 1.165) is 28.3 Å². The summed E-state index contributed by atoms with van der Waals surface area (Å²) >= 11 is 0. The fourth-order valence-corrected chi connectivity index (χ4v) is 3.84. The van der Waals surface area contributed by atoms with E-state index in [9.17, 15) is 0 Å². The van der Waals surface area contributed by atoms with Gasteiger partial charge in [0.25, 0.3) is 0 Å². The highest BCUT2D eigenvalue weighted by atomic mass is 16.5. The first-order valence-electron chi connectivity index (χ1n) is 9.40. The number of aromatic nitrogens is 2. The maximum atomic E-state index is 5.96. The van der Waals surface area contributed by atoms with Crippen LogP contribution < -0.4 is 10.1 Å². The number of ether oxygens (including phenoxy) is 1. The molecule has 1 aromatic carbocycles. The summed E-state index contributed by atoms with van der Waals surface area (Å²) in [7, 11) is 1.66. The molecule has 4 rings (SSSR count). The van der Waals surface area contributed by atoms with Crippen LogP contribution in [-0.2, 0) is 0 Å². The molecule has 0 aliphatic heterocycles. The zero-order valence-electron chi connectivity index (χ0n) is 15.4. The molecule has 0 saturated heterocycles. The van der Waals surface area contributed by atoms with Crippen LogP contribution in [0, 0.1) is 5.92 Å². The summed E-state index contributed by atoms with van der Waals surface area (Å²) in [6, 6.07) is 10.3. The number of furan rings is 1. The predicted molar refractivity (Wildman–Crippen MR) is 103 cm³/mol. The Labute approximate surface area is 153 Å². The topological polar surface area (TPSA) is 60.2 Å². The Morgan fingerprint density at radius 1 is 1.12 bits per heavy atom. The van der Waals surface area contributed by atoms with Crippen LogP contribution in [-0.4, -0.2) is 23.1 Å². The number of hydrogen-bond acceptors (Lipinski definition) is 5. The van der Waals surface area contributed by atoms with E-state index in [1.807, 2.05) is 30.3 Å². The summed E-state index contributed by atoms with van der Waals surface area (Å²) < 4.78 is 11.2. The second-order valence-electron chi connectivity index (χ2n) is 7.11. The van der Waals surface area contributed by atoms with Gasteiger partial charge in [0, 0.05) is 11.6 Å². The smallest absolute Gasteiger partial charge is 0.231 e. The Hall–Kier alpha value is -2.56. The molecule has 3 aromatic rings. The molecule has 2 heterocycles. The summed E-state index contributed by atoms with van der Waals surface area (Å²) in [4.78, 5) is 8.77. The average molecular weight is 351 g/mol. The molecule has 1 fully saturated rings. The fourth-order valence-electron chi connectivity index (χ4n) is 3.84. The number of fused-ring (bicyclic) bond motifs is 1. The highest BCUT2D eigenvalue weighted by molar-refractivity contribution is 5.89. The van der Waals surface area contributed by atoms with Gasteiger partial charge in [0.1, 0.15) is 23.7 Å². The molecule has 5 heteroatoms. The van der Waals surface area contributed by atoms with Crippen LogP contribution in [0.25, 0.3) is 22.4 Å². The molecule has 26 heavy (non-hydrogen) atoms. The van der Waals surface area contributed by atoms with Crippen molar-refractivity contribution in [3.8, 4) is 17.1 Å². The molecule has 136 valence electrons. The van der Waals surface area contributed by atoms with Crippen LogP contribution in [0.1, 0.15) is 39.0 Å². The van der Waals surface area contributed by atoms with E-state index < -0.39 is 0 Å². The molecule has 1 aliphatic rings. The van der Waals surface area contributed by atoms with E-state index in [1.165, 1.54) is 32.1 Å². The first kappa shape index (κ1) is 16.9. The minimum absolute atomic E-state index is 0.396. The first-order valence-corrected chi connectivity index (χ1v) is 9.40. The van der Waals surface area contributed by atoms with Gasteiger partial charge in [-0.05, 0) is 56.0 Å². The standard InChI is InChI=1S/C21H25N3O2/c1-14(15-6-4-3-5-7-15)24-20-18-12-19(26-21(18)23-13-22-20)16-8-10-17(25-2)11-9-16/h8-15H,3-7H2,1-2H3,(H,22,23,24)/t14-/m1/s1. The number of benzene rings is 1. The molecular formula is C21H25N3O2. The van der Waals surface area contributed by atoms with E-state index in [4.69, 9.17) is 9.15 Å². The Bertz CT molecular complexity index is 867. The van der Waals surface area contributed by atoms with Gasteiger partial charge in [-0.2, -0.15) is 0 Å². The second-order valence-corrected chi connectivity index (χ2v) is 7.11. The Morgan fingerprint density at radius 2 is 1.88 bits per heavy atom. The predicted octanol–water partition coefficient (Wildman–Crippen LogP) is 5.28. The quantitative estimate of drug-likeness (QED) is 0.678. The van der Waals surface area contributed by atoms with E-state index in [-0.39, 0.29) is 0 Å². The molecule has 5 nitrogen and oxygen atoms in total. The van der Waals surface area contributed by atoms with Gasteiger partial charge in [0.2, 0.25) is 5.71 Å². The van der Waals surface area contributed by atoms with Crippen LogP contribution in [0.15, 0.2) is 41.1 Å². The lowest BCUT2D eigenvalue weighted by Gasteiger charge is -2.28. The van der Waals surface area contributed by atoms with Crippen molar-refractivity contribution in [1.29, 1.82) is 0 Å². The van der Waals surface area contributed by atoms with Crippen molar-refractivity contribution in [1.82, 2.24) is 9.97 Å². The van der Waals surface area contributed by atoms with E-state index in [1.54, 1.807) is 13.4 Å². The molecule has 1 aliphatic carbocycles. The summed E-state index contributed by atoms with van der Waals surface area (Å²) in [6.07, 6.45) is 8.20. The van der Waals surface area contributed by atoms with Gasteiger partial charge < -0.3 is 14.5 Å². The molecule has 0 amide bonds. The largest absolute Gasteiger partial charge is 0.497 e. The monoisotopic (exact) mass is 351 g/mol. The Kier molecular flexibility index (Phi) is 4.78. The SMILES string of the molecule is COc1ccc(-c2cc3c(N[C@H](C)C4CCCCC4)ncnc3o2)cc1. The summed E-state index contributed by atoms with van der Waals surface area (Å²) in [6.45, 7) is 2.26. The molecule has 2 aromatic heterocycles. The van der Waals surface area contributed by atoms with Gasteiger partial charge >= 0.3 is 0 Å². The maximum absolute atomic E-state index is 5.96. The van der Waals surface area contributed by atoms with Gasteiger partial charge in [-0.15, -0.1) is 0 Å². The number of nitrogens with one attached hydrogen (secondary N) is 1. The van der Waals surface area contributed by atoms with Crippen LogP contribution in [0.2, 0.25) is 0 Å². The molecule has 0 spiro atoms. The van der Waals surface area contributed by atoms with E-state index in [2.05, 4.69) is 22.2 Å². The highest BCUT2D eigenvalue weighted by Crippen LogP contribution is 2.33. The van der Waals surface area contributed by atoms with Gasteiger partial charge in [-0.25, -0.2) is 9.97 Å². The lowest BCUT2D eigenvalue weighted by Crippen LogP contribution is -2.28. The van der Waals surface area contributed by atoms with Crippen LogP contribution in [0.4, 0.5) is 5.82 Å². The van der Waals surface area contributed by atoms with Crippen LogP contribution >= 0.6 is 0 Å².